The Bertz CT molecular complexity index is 783. The van der Waals surface area contributed by atoms with E-state index in [9.17, 15) is 4.39 Å². The third kappa shape index (κ3) is 2.06. The number of rotatable bonds is 2. The van der Waals surface area contributed by atoms with Gasteiger partial charge in [-0.05, 0) is 18.1 Å². The van der Waals surface area contributed by atoms with Crippen molar-refractivity contribution in [3.8, 4) is 11.5 Å². The van der Waals surface area contributed by atoms with E-state index < -0.39 is 0 Å². The van der Waals surface area contributed by atoms with E-state index in [0.29, 0.717) is 22.0 Å². The summed E-state index contributed by atoms with van der Waals surface area (Å²) in [7, 11) is 0. The Morgan fingerprint density at radius 2 is 2.05 bits per heavy atom. The molecule has 102 valence electrons. The summed E-state index contributed by atoms with van der Waals surface area (Å²) in [5.74, 6) is 0.245. The first-order valence-electron chi connectivity index (χ1n) is 6.26. The minimum Gasteiger partial charge on any atom is -0.451 e. The Hall–Kier alpha value is -1.94. The van der Waals surface area contributed by atoms with Crippen LogP contribution in [-0.2, 0) is 0 Å². The SMILES string of the molecule is CC(C)c1c(Cl)ncnc1-c1cc2cccc(F)c2o1. The molecule has 2 aromatic heterocycles. The second-order valence-electron chi connectivity index (χ2n) is 4.85. The van der Waals surface area contributed by atoms with Gasteiger partial charge in [-0.25, -0.2) is 14.4 Å². The topological polar surface area (TPSA) is 38.9 Å². The lowest BCUT2D eigenvalue weighted by Crippen LogP contribution is -1.98. The molecule has 2 heterocycles. The molecule has 0 N–H and O–H groups in total. The van der Waals surface area contributed by atoms with Crippen molar-refractivity contribution < 1.29 is 8.81 Å². The van der Waals surface area contributed by atoms with E-state index in [4.69, 9.17) is 16.0 Å². The second kappa shape index (κ2) is 4.87. The van der Waals surface area contributed by atoms with E-state index in [1.807, 2.05) is 13.8 Å². The van der Waals surface area contributed by atoms with Crippen molar-refractivity contribution in [1.29, 1.82) is 0 Å². The maximum Gasteiger partial charge on any atom is 0.170 e. The minimum atomic E-state index is -0.389. The Balaban J connectivity index is 2.26. The van der Waals surface area contributed by atoms with Crippen molar-refractivity contribution in [2.24, 2.45) is 0 Å². The van der Waals surface area contributed by atoms with Crippen LogP contribution in [0.3, 0.4) is 0 Å². The van der Waals surface area contributed by atoms with E-state index in [2.05, 4.69) is 9.97 Å². The summed E-state index contributed by atoms with van der Waals surface area (Å²) in [5, 5.41) is 1.09. The van der Waals surface area contributed by atoms with Crippen LogP contribution in [0.4, 0.5) is 4.39 Å². The van der Waals surface area contributed by atoms with Crippen LogP contribution in [0.2, 0.25) is 5.15 Å². The standard InChI is InChI=1S/C15H12ClFN2O/c1-8(2)12-13(18-7-19-15(12)16)11-6-9-4-3-5-10(17)14(9)20-11/h3-8H,1-2H3. The van der Waals surface area contributed by atoms with Crippen molar-refractivity contribution in [1.82, 2.24) is 9.97 Å². The summed E-state index contributed by atoms with van der Waals surface area (Å²) in [5.41, 5.74) is 1.64. The number of hydrogen-bond acceptors (Lipinski definition) is 3. The average molecular weight is 291 g/mol. The number of halogens is 2. The molecule has 0 spiro atoms. The smallest absolute Gasteiger partial charge is 0.170 e. The van der Waals surface area contributed by atoms with Crippen LogP contribution >= 0.6 is 11.6 Å². The van der Waals surface area contributed by atoms with E-state index in [1.165, 1.54) is 12.4 Å². The van der Waals surface area contributed by atoms with Crippen molar-refractivity contribution in [2.75, 3.05) is 0 Å². The fourth-order valence-electron chi connectivity index (χ4n) is 2.23. The predicted octanol–water partition coefficient (Wildman–Crippen LogP) is 4.81. The summed E-state index contributed by atoms with van der Waals surface area (Å²) in [4.78, 5) is 8.24. The zero-order valence-corrected chi connectivity index (χ0v) is 11.8. The molecule has 20 heavy (non-hydrogen) atoms. The van der Waals surface area contributed by atoms with Crippen molar-refractivity contribution in [3.05, 3.63) is 47.1 Å². The van der Waals surface area contributed by atoms with Gasteiger partial charge in [-0.15, -0.1) is 0 Å². The van der Waals surface area contributed by atoms with Gasteiger partial charge in [0.2, 0.25) is 0 Å². The summed E-state index contributed by atoms with van der Waals surface area (Å²) >= 11 is 6.14. The van der Waals surface area contributed by atoms with Gasteiger partial charge in [0.05, 0.1) is 0 Å². The highest BCUT2D eigenvalue weighted by Crippen LogP contribution is 2.35. The molecule has 1 aromatic carbocycles. The van der Waals surface area contributed by atoms with Crippen molar-refractivity contribution in [2.45, 2.75) is 19.8 Å². The second-order valence-corrected chi connectivity index (χ2v) is 5.21. The quantitative estimate of drug-likeness (QED) is 0.636. The zero-order chi connectivity index (χ0) is 14.3. The minimum absolute atomic E-state index is 0.136. The monoisotopic (exact) mass is 290 g/mol. The largest absolute Gasteiger partial charge is 0.451 e. The molecule has 0 radical (unpaired) electrons. The Morgan fingerprint density at radius 1 is 1.25 bits per heavy atom. The van der Waals surface area contributed by atoms with Crippen LogP contribution < -0.4 is 0 Å². The lowest BCUT2D eigenvalue weighted by Gasteiger charge is -2.10. The van der Waals surface area contributed by atoms with Crippen LogP contribution in [0, 0.1) is 5.82 Å². The van der Waals surface area contributed by atoms with Crippen LogP contribution in [0.15, 0.2) is 35.0 Å². The summed E-state index contributed by atoms with van der Waals surface area (Å²) in [6.45, 7) is 3.99. The molecule has 3 nitrogen and oxygen atoms in total. The van der Waals surface area contributed by atoms with Gasteiger partial charge < -0.3 is 4.42 Å². The van der Waals surface area contributed by atoms with Gasteiger partial charge in [0.25, 0.3) is 0 Å². The molecule has 0 bridgehead atoms. The van der Waals surface area contributed by atoms with Gasteiger partial charge in [0.1, 0.15) is 17.2 Å². The molecule has 3 rings (SSSR count). The van der Waals surface area contributed by atoms with Crippen LogP contribution in [0.25, 0.3) is 22.4 Å². The normalized spacial score (nSPS) is 11.4. The molecule has 0 unspecified atom stereocenters. The molecular weight excluding hydrogens is 279 g/mol. The fraction of sp³-hybridized carbons (Fsp3) is 0.200. The van der Waals surface area contributed by atoms with Crippen molar-refractivity contribution in [3.63, 3.8) is 0 Å². The number of benzene rings is 1. The first kappa shape index (κ1) is 13.1. The molecule has 0 fully saturated rings. The molecule has 0 saturated carbocycles. The van der Waals surface area contributed by atoms with Crippen LogP contribution in [0.5, 0.6) is 0 Å². The Kier molecular flexibility index (Phi) is 3.18. The van der Waals surface area contributed by atoms with Crippen LogP contribution in [0.1, 0.15) is 25.3 Å². The molecular formula is C15H12ClFN2O. The fourth-order valence-corrected chi connectivity index (χ4v) is 2.58. The van der Waals surface area contributed by atoms with E-state index in [-0.39, 0.29) is 17.3 Å². The van der Waals surface area contributed by atoms with Crippen LogP contribution in [-0.4, -0.2) is 9.97 Å². The Morgan fingerprint density at radius 3 is 2.75 bits per heavy atom. The number of nitrogens with zero attached hydrogens (tertiary/aromatic N) is 2. The molecule has 0 saturated heterocycles. The third-order valence-electron chi connectivity index (χ3n) is 3.14. The van der Waals surface area contributed by atoms with E-state index >= 15 is 0 Å². The maximum absolute atomic E-state index is 13.7. The molecule has 0 aliphatic heterocycles. The number of aromatic nitrogens is 2. The Labute approximate surface area is 120 Å². The molecule has 0 amide bonds. The maximum atomic E-state index is 13.7. The first-order chi connectivity index (χ1) is 9.58. The summed E-state index contributed by atoms with van der Waals surface area (Å²) in [6.07, 6.45) is 1.38. The molecule has 5 heteroatoms. The van der Waals surface area contributed by atoms with Gasteiger partial charge in [0, 0.05) is 10.9 Å². The van der Waals surface area contributed by atoms with E-state index in [0.717, 1.165) is 5.56 Å². The number of hydrogen-bond donors (Lipinski definition) is 0. The average Bonchev–Trinajstić information content (AvgIpc) is 2.83. The van der Waals surface area contributed by atoms with Gasteiger partial charge in [-0.1, -0.05) is 37.6 Å². The first-order valence-corrected chi connectivity index (χ1v) is 6.64. The zero-order valence-electron chi connectivity index (χ0n) is 11.0. The highest BCUT2D eigenvalue weighted by Gasteiger charge is 2.19. The van der Waals surface area contributed by atoms with Crippen molar-refractivity contribution >= 4 is 22.6 Å². The molecule has 0 aliphatic carbocycles. The highest BCUT2D eigenvalue weighted by molar-refractivity contribution is 6.30. The lowest BCUT2D eigenvalue weighted by molar-refractivity contribution is 0.566. The number of furan rings is 1. The third-order valence-corrected chi connectivity index (χ3v) is 3.44. The van der Waals surface area contributed by atoms with Gasteiger partial charge in [-0.2, -0.15) is 0 Å². The molecule has 3 aromatic rings. The molecule has 0 aliphatic rings. The predicted molar refractivity (Wildman–Crippen MR) is 76.3 cm³/mol. The van der Waals surface area contributed by atoms with Gasteiger partial charge in [-0.3, -0.25) is 0 Å². The number of para-hydroxylation sites is 1. The highest BCUT2D eigenvalue weighted by atomic mass is 35.5. The molecule has 0 atom stereocenters. The summed E-state index contributed by atoms with van der Waals surface area (Å²) in [6, 6.07) is 6.57. The summed E-state index contributed by atoms with van der Waals surface area (Å²) < 4.78 is 19.3. The number of fused-ring (bicyclic) bond motifs is 1. The lowest BCUT2D eigenvalue weighted by atomic mass is 10.0. The van der Waals surface area contributed by atoms with E-state index in [1.54, 1.807) is 18.2 Å². The van der Waals surface area contributed by atoms with Gasteiger partial charge >= 0.3 is 0 Å². The van der Waals surface area contributed by atoms with Gasteiger partial charge in [0.15, 0.2) is 17.2 Å².